The van der Waals surface area contributed by atoms with Gasteiger partial charge in [-0.05, 0) is 31.2 Å². The van der Waals surface area contributed by atoms with E-state index >= 15 is 0 Å². The minimum Gasteiger partial charge on any atom is -0.480 e. The van der Waals surface area contributed by atoms with Crippen LogP contribution < -0.4 is 11.1 Å². The van der Waals surface area contributed by atoms with Crippen molar-refractivity contribution in [2.75, 3.05) is 13.2 Å². The van der Waals surface area contributed by atoms with E-state index in [1.165, 1.54) is 0 Å². The van der Waals surface area contributed by atoms with Gasteiger partial charge in [0.05, 0.1) is 6.61 Å². The molecule has 0 aromatic carbocycles. The van der Waals surface area contributed by atoms with Crippen molar-refractivity contribution >= 4 is 11.9 Å². The van der Waals surface area contributed by atoms with Crippen LogP contribution in [0, 0.1) is 11.8 Å². The molecule has 0 radical (unpaired) electrons. The second-order valence-corrected chi connectivity index (χ2v) is 4.76. The maximum Gasteiger partial charge on any atom is 0.328 e. The molecule has 0 fully saturated rings. The third-order valence-corrected chi connectivity index (χ3v) is 3.04. The molecule has 0 bridgehead atoms. The fourth-order valence-electron chi connectivity index (χ4n) is 1.79. The normalized spacial score (nSPS) is 14.3. The molecule has 0 rings (SSSR count). The maximum atomic E-state index is 11.5. The van der Waals surface area contributed by atoms with E-state index in [4.69, 9.17) is 15.9 Å². The first-order valence-electron chi connectivity index (χ1n) is 6.25. The van der Waals surface area contributed by atoms with Gasteiger partial charge < -0.3 is 21.3 Å². The molecule has 0 aromatic heterocycles. The number of nitrogens with one attached hydrogen (secondary N) is 1. The number of carboxylic acid groups (broad SMARTS) is 1. The van der Waals surface area contributed by atoms with Crippen LogP contribution in [-0.4, -0.2) is 41.3 Å². The van der Waals surface area contributed by atoms with Gasteiger partial charge in [0.1, 0.15) is 6.04 Å². The van der Waals surface area contributed by atoms with Crippen molar-refractivity contribution in [3.05, 3.63) is 0 Å². The monoisotopic (exact) mass is 260 g/mol. The van der Waals surface area contributed by atoms with E-state index in [2.05, 4.69) is 19.2 Å². The Balaban J connectivity index is 4.11. The van der Waals surface area contributed by atoms with Crippen molar-refractivity contribution in [1.29, 1.82) is 0 Å². The molecule has 0 aliphatic carbocycles. The van der Waals surface area contributed by atoms with Gasteiger partial charge in [-0.1, -0.05) is 13.8 Å². The van der Waals surface area contributed by atoms with E-state index in [-0.39, 0.29) is 12.3 Å². The number of aliphatic hydroxyl groups is 1. The van der Waals surface area contributed by atoms with Gasteiger partial charge in [-0.15, -0.1) is 0 Å². The molecule has 1 amide bonds. The molecule has 0 saturated carbocycles. The van der Waals surface area contributed by atoms with Gasteiger partial charge in [0.25, 0.3) is 0 Å². The highest BCUT2D eigenvalue weighted by molar-refractivity contribution is 5.83. The number of aliphatic hydroxyl groups excluding tert-OH is 1. The average molecular weight is 260 g/mol. The van der Waals surface area contributed by atoms with Crippen molar-refractivity contribution in [3.63, 3.8) is 0 Å². The highest BCUT2D eigenvalue weighted by Gasteiger charge is 2.20. The molecule has 5 N–H and O–H groups in total. The summed E-state index contributed by atoms with van der Waals surface area (Å²) in [4.78, 5) is 22.2. The topological polar surface area (TPSA) is 113 Å². The minimum atomic E-state index is -1.23. The summed E-state index contributed by atoms with van der Waals surface area (Å²) in [6.45, 7) is 4.13. The van der Waals surface area contributed by atoms with Gasteiger partial charge in [-0.3, -0.25) is 4.79 Å². The number of nitrogens with two attached hydrogens (primary N) is 1. The Hall–Kier alpha value is -1.14. The molecule has 18 heavy (non-hydrogen) atoms. The Kier molecular flexibility index (Phi) is 8.32. The van der Waals surface area contributed by atoms with Crippen LogP contribution in [0.1, 0.15) is 33.1 Å². The number of carboxylic acids is 1. The summed E-state index contributed by atoms with van der Waals surface area (Å²) in [5.74, 6) is -0.778. The minimum absolute atomic E-state index is 0.257. The molecule has 0 aliphatic heterocycles. The molecule has 6 heteroatoms. The van der Waals surface area contributed by atoms with Crippen molar-refractivity contribution in [3.8, 4) is 0 Å². The molecule has 6 nitrogen and oxygen atoms in total. The number of rotatable bonds is 9. The van der Waals surface area contributed by atoms with E-state index < -0.39 is 18.6 Å². The predicted molar refractivity (Wildman–Crippen MR) is 67.9 cm³/mol. The molecule has 0 spiro atoms. The Morgan fingerprint density at radius 2 is 1.89 bits per heavy atom. The van der Waals surface area contributed by atoms with Crippen LogP contribution in [0.4, 0.5) is 0 Å². The van der Waals surface area contributed by atoms with Gasteiger partial charge in [-0.25, -0.2) is 4.79 Å². The van der Waals surface area contributed by atoms with Gasteiger partial charge in [0.15, 0.2) is 0 Å². The standard InChI is InChI=1S/C12H24N2O4/c1-8(2)9(5-6-13)3-4-11(16)14-10(7-15)12(17)18/h8-10,15H,3-7,13H2,1-2H3,(H,14,16)(H,17,18)/t9?,10-/m1/s1. The number of carbonyl (C=O) groups excluding carboxylic acids is 1. The molecule has 1 unspecified atom stereocenters. The first-order valence-corrected chi connectivity index (χ1v) is 6.25. The van der Waals surface area contributed by atoms with Crippen LogP contribution in [0.25, 0.3) is 0 Å². The highest BCUT2D eigenvalue weighted by atomic mass is 16.4. The lowest BCUT2D eigenvalue weighted by atomic mass is 9.88. The van der Waals surface area contributed by atoms with E-state index in [0.29, 0.717) is 24.8 Å². The van der Waals surface area contributed by atoms with Gasteiger partial charge in [-0.2, -0.15) is 0 Å². The van der Waals surface area contributed by atoms with E-state index in [1.807, 2.05) is 0 Å². The number of carbonyl (C=O) groups is 2. The van der Waals surface area contributed by atoms with Crippen LogP contribution >= 0.6 is 0 Å². The second kappa shape index (κ2) is 8.88. The Bertz CT molecular complexity index is 269. The van der Waals surface area contributed by atoms with E-state index in [1.54, 1.807) is 0 Å². The maximum absolute atomic E-state index is 11.5. The smallest absolute Gasteiger partial charge is 0.328 e. The molecule has 0 aliphatic rings. The lowest BCUT2D eigenvalue weighted by Crippen LogP contribution is -2.43. The summed E-state index contributed by atoms with van der Waals surface area (Å²) in [6, 6.07) is -1.22. The van der Waals surface area contributed by atoms with Crippen molar-refractivity contribution in [1.82, 2.24) is 5.32 Å². The first-order chi connectivity index (χ1) is 8.42. The zero-order valence-corrected chi connectivity index (χ0v) is 11.1. The largest absolute Gasteiger partial charge is 0.480 e. The average Bonchev–Trinajstić information content (AvgIpc) is 2.30. The fraction of sp³-hybridized carbons (Fsp3) is 0.833. The molecule has 106 valence electrons. The number of aliphatic carboxylic acids is 1. The highest BCUT2D eigenvalue weighted by Crippen LogP contribution is 2.20. The molecular formula is C12H24N2O4. The lowest BCUT2D eigenvalue weighted by molar-refractivity contribution is -0.143. The van der Waals surface area contributed by atoms with Crippen LogP contribution in [0.2, 0.25) is 0 Å². The second-order valence-electron chi connectivity index (χ2n) is 4.76. The van der Waals surface area contributed by atoms with Crippen LogP contribution in [0.15, 0.2) is 0 Å². The van der Waals surface area contributed by atoms with Crippen molar-refractivity contribution in [2.24, 2.45) is 17.6 Å². The molecule has 2 atom stereocenters. The number of hydrogen-bond donors (Lipinski definition) is 4. The Morgan fingerprint density at radius 1 is 1.28 bits per heavy atom. The Labute approximate surface area is 108 Å². The van der Waals surface area contributed by atoms with Gasteiger partial charge in [0, 0.05) is 6.42 Å². The van der Waals surface area contributed by atoms with E-state index in [9.17, 15) is 9.59 Å². The summed E-state index contributed by atoms with van der Waals surface area (Å²) in [5.41, 5.74) is 5.50. The van der Waals surface area contributed by atoms with Crippen LogP contribution in [0.5, 0.6) is 0 Å². The van der Waals surface area contributed by atoms with Gasteiger partial charge in [0.2, 0.25) is 5.91 Å². The number of hydrogen-bond acceptors (Lipinski definition) is 4. The predicted octanol–water partition coefficient (Wildman–Crippen LogP) is -0.0507. The quantitative estimate of drug-likeness (QED) is 0.464. The summed E-state index contributed by atoms with van der Waals surface area (Å²) < 4.78 is 0. The Morgan fingerprint density at radius 3 is 2.28 bits per heavy atom. The third-order valence-electron chi connectivity index (χ3n) is 3.04. The lowest BCUT2D eigenvalue weighted by Gasteiger charge is -2.20. The summed E-state index contributed by atoms with van der Waals surface area (Å²) >= 11 is 0. The SMILES string of the molecule is CC(C)C(CCN)CCC(=O)N[C@H](CO)C(=O)O. The fourth-order valence-corrected chi connectivity index (χ4v) is 1.79. The van der Waals surface area contributed by atoms with Crippen LogP contribution in [0.3, 0.4) is 0 Å². The van der Waals surface area contributed by atoms with Crippen molar-refractivity contribution in [2.45, 2.75) is 39.2 Å². The molecular weight excluding hydrogens is 236 g/mol. The molecule has 0 saturated heterocycles. The zero-order valence-electron chi connectivity index (χ0n) is 11.1. The van der Waals surface area contributed by atoms with Crippen LogP contribution in [-0.2, 0) is 9.59 Å². The first kappa shape index (κ1) is 16.9. The number of amides is 1. The summed E-state index contributed by atoms with van der Waals surface area (Å²) in [5, 5.41) is 19.7. The molecule has 0 heterocycles. The van der Waals surface area contributed by atoms with Crippen molar-refractivity contribution < 1.29 is 19.8 Å². The molecule has 0 aromatic rings. The summed E-state index contributed by atoms with van der Waals surface area (Å²) in [6.07, 6.45) is 1.79. The van der Waals surface area contributed by atoms with E-state index in [0.717, 1.165) is 6.42 Å². The summed E-state index contributed by atoms with van der Waals surface area (Å²) in [7, 11) is 0. The third kappa shape index (κ3) is 6.56. The zero-order chi connectivity index (χ0) is 14.1. The van der Waals surface area contributed by atoms with Gasteiger partial charge >= 0.3 is 5.97 Å².